The summed E-state index contributed by atoms with van der Waals surface area (Å²) in [6, 6.07) is 7.05. The summed E-state index contributed by atoms with van der Waals surface area (Å²) in [5, 5.41) is 12.2. The van der Waals surface area contributed by atoms with Gasteiger partial charge in [0.05, 0.1) is 0 Å². The fraction of sp³-hybridized carbons (Fsp3) is 0.556. The number of carbonyl (C=O) groups is 2. The Hall–Kier alpha value is -1.88. The molecule has 1 atom stereocenters. The summed E-state index contributed by atoms with van der Waals surface area (Å²) in [4.78, 5) is 26.1. The minimum Gasteiger partial charge on any atom is -0.396 e. The van der Waals surface area contributed by atoms with Gasteiger partial charge < -0.3 is 15.3 Å². The average molecular weight is 318 g/mol. The highest BCUT2D eigenvalue weighted by Gasteiger charge is 2.27. The maximum Gasteiger partial charge on any atom is 0.251 e. The Morgan fingerprint density at radius 2 is 2.13 bits per heavy atom. The van der Waals surface area contributed by atoms with Gasteiger partial charge >= 0.3 is 0 Å². The molecule has 1 heterocycles. The van der Waals surface area contributed by atoms with Crippen molar-refractivity contribution in [2.75, 3.05) is 18.1 Å². The van der Waals surface area contributed by atoms with Crippen molar-refractivity contribution < 1.29 is 14.7 Å². The second kappa shape index (κ2) is 7.13. The van der Waals surface area contributed by atoms with Gasteiger partial charge in [-0.15, -0.1) is 0 Å². The monoisotopic (exact) mass is 318 g/mol. The topological polar surface area (TPSA) is 69.6 Å². The first-order valence-electron chi connectivity index (χ1n) is 8.15. The number of benzene rings is 1. The Morgan fingerprint density at radius 1 is 1.39 bits per heavy atom. The van der Waals surface area contributed by atoms with Gasteiger partial charge in [-0.05, 0) is 36.5 Å². The molecule has 0 bridgehead atoms. The Bertz CT molecular complexity index is 578. The molecular formula is C18H26N2O3. The lowest BCUT2D eigenvalue weighted by molar-refractivity contribution is -0.117. The van der Waals surface area contributed by atoms with Crippen molar-refractivity contribution in [3.05, 3.63) is 29.8 Å². The van der Waals surface area contributed by atoms with Crippen molar-refractivity contribution in [2.24, 2.45) is 5.41 Å². The van der Waals surface area contributed by atoms with Crippen LogP contribution in [-0.2, 0) is 4.79 Å². The van der Waals surface area contributed by atoms with Gasteiger partial charge in [0.15, 0.2) is 0 Å². The van der Waals surface area contributed by atoms with Crippen LogP contribution in [0.4, 0.5) is 5.69 Å². The van der Waals surface area contributed by atoms with E-state index in [0.29, 0.717) is 24.9 Å². The van der Waals surface area contributed by atoms with Gasteiger partial charge in [0.1, 0.15) is 0 Å². The van der Waals surface area contributed by atoms with Crippen LogP contribution in [0.2, 0.25) is 0 Å². The molecular weight excluding hydrogens is 292 g/mol. The van der Waals surface area contributed by atoms with Crippen LogP contribution in [0.5, 0.6) is 0 Å². The molecule has 1 aromatic carbocycles. The zero-order valence-electron chi connectivity index (χ0n) is 14.1. The molecule has 1 aliphatic heterocycles. The lowest BCUT2D eigenvalue weighted by Crippen LogP contribution is -2.44. The Kier molecular flexibility index (Phi) is 5.42. The minimum atomic E-state index is -0.174. The first-order valence-corrected chi connectivity index (χ1v) is 8.15. The standard InChI is InChI=1S/C18H26N2O3/c1-18(2,3)15(9-11-21)19-17(23)13-6-4-7-14(12-13)20-10-5-8-16(20)22/h4,6-7,12,15,21H,5,8-11H2,1-3H3,(H,19,23). The van der Waals surface area contributed by atoms with E-state index in [9.17, 15) is 14.7 Å². The van der Waals surface area contributed by atoms with Crippen LogP contribution in [0, 0.1) is 5.41 Å². The van der Waals surface area contributed by atoms with Crippen LogP contribution in [0.3, 0.4) is 0 Å². The number of nitrogens with zero attached hydrogens (tertiary/aromatic N) is 1. The first kappa shape index (κ1) is 17.5. The van der Waals surface area contributed by atoms with E-state index >= 15 is 0 Å². The molecule has 126 valence electrons. The third kappa shape index (κ3) is 4.32. The maximum absolute atomic E-state index is 12.5. The number of aliphatic hydroxyl groups excluding tert-OH is 1. The third-order valence-electron chi connectivity index (χ3n) is 4.26. The van der Waals surface area contributed by atoms with E-state index in [1.165, 1.54) is 0 Å². The summed E-state index contributed by atoms with van der Waals surface area (Å²) >= 11 is 0. The predicted molar refractivity (Wildman–Crippen MR) is 90.4 cm³/mol. The molecule has 0 aromatic heterocycles. The number of rotatable bonds is 5. The molecule has 1 unspecified atom stereocenters. The highest BCUT2D eigenvalue weighted by molar-refractivity contribution is 5.99. The summed E-state index contributed by atoms with van der Waals surface area (Å²) in [5.41, 5.74) is 1.17. The molecule has 2 rings (SSSR count). The molecule has 0 radical (unpaired) electrons. The van der Waals surface area contributed by atoms with Gasteiger partial charge in [-0.2, -0.15) is 0 Å². The van der Waals surface area contributed by atoms with E-state index in [-0.39, 0.29) is 29.9 Å². The van der Waals surface area contributed by atoms with Crippen LogP contribution in [-0.4, -0.2) is 36.1 Å². The summed E-state index contributed by atoms with van der Waals surface area (Å²) in [6.07, 6.45) is 1.94. The smallest absolute Gasteiger partial charge is 0.251 e. The number of hydrogen-bond acceptors (Lipinski definition) is 3. The number of nitrogens with one attached hydrogen (secondary N) is 1. The van der Waals surface area contributed by atoms with Gasteiger partial charge in [0.25, 0.3) is 5.91 Å². The average Bonchev–Trinajstić information content (AvgIpc) is 2.92. The predicted octanol–water partition coefficient (Wildman–Crippen LogP) is 2.34. The fourth-order valence-corrected chi connectivity index (χ4v) is 2.83. The molecule has 1 saturated heterocycles. The summed E-state index contributed by atoms with van der Waals surface area (Å²) < 4.78 is 0. The van der Waals surface area contributed by atoms with E-state index in [2.05, 4.69) is 5.32 Å². The molecule has 0 spiro atoms. The molecule has 0 aliphatic carbocycles. The molecule has 1 aromatic rings. The van der Waals surface area contributed by atoms with Gasteiger partial charge in [-0.25, -0.2) is 0 Å². The largest absolute Gasteiger partial charge is 0.396 e. The van der Waals surface area contributed by atoms with Crippen molar-refractivity contribution in [3.63, 3.8) is 0 Å². The lowest BCUT2D eigenvalue weighted by Gasteiger charge is -2.31. The fourth-order valence-electron chi connectivity index (χ4n) is 2.83. The van der Waals surface area contributed by atoms with Crippen LogP contribution in [0.25, 0.3) is 0 Å². The minimum absolute atomic E-state index is 0.0323. The number of amides is 2. The molecule has 2 N–H and O–H groups in total. The van der Waals surface area contributed by atoms with E-state index in [4.69, 9.17) is 0 Å². The Labute approximate surface area is 137 Å². The van der Waals surface area contributed by atoms with Crippen molar-refractivity contribution in [3.8, 4) is 0 Å². The van der Waals surface area contributed by atoms with Gasteiger partial charge in [-0.3, -0.25) is 9.59 Å². The molecule has 5 nitrogen and oxygen atoms in total. The molecule has 23 heavy (non-hydrogen) atoms. The normalized spacial score (nSPS) is 16.5. The van der Waals surface area contributed by atoms with Crippen LogP contribution in [0.15, 0.2) is 24.3 Å². The van der Waals surface area contributed by atoms with Crippen LogP contribution in [0.1, 0.15) is 50.4 Å². The lowest BCUT2D eigenvalue weighted by atomic mass is 9.84. The summed E-state index contributed by atoms with van der Waals surface area (Å²) in [5.74, 6) is -0.0673. The van der Waals surface area contributed by atoms with E-state index in [0.717, 1.165) is 12.1 Å². The van der Waals surface area contributed by atoms with Crippen molar-refractivity contribution in [2.45, 2.75) is 46.1 Å². The van der Waals surface area contributed by atoms with Gasteiger partial charge in [0.2, 0.25) is 5.91 Å². The van der Waals surface area contributed by atoms with Crippen molar-refractivity contribution in [1.82, 2.24) is 5.32 Å². The van der Waals surface area contributed by atoms with E-state index in [1.54, 1.807) is 23.1 Å². The molecule has 1 fully saturated rings. The highest BCUT2D eigenvalue weighted by Crippen LogP contribution is 2.24. The highest BCUT2D eigenvalue weighted by atomic mass is 16.3. The number of aliphatic hydroxyl groups is 1. The second-order valence-corrected chi connectivity index (χ2v) is 7.10. The number of carbonyl (C=O) groups excluding carboxylic acids is 2. The zero-order valence-corrected chi connectivity index (χ0v) is 14.1. The van der Waals surface area contributed by atoms with Crippen molar-refractivity contribution >= 4 is 17.5 Å². The van der Waals surface area contributed by atoms with Crippen LogP contribution >= 0.6 is 0 Å². The maximum atomic E-state index is 12.5. The summed E-state index contributed by atoms with van der Waals surface area (Å²) in [7, 11) is 0. The number of hydrogen-bond donors (Lipinski definition) is 2. The van der Waals surface area contributed by atoms with Crippen LogP contribution < -0.4 is 10.2 Å². The SMILES string of the molecule is CC(C)(C)C(CCO)NC(=O)c1cccc(N2CCCC2=O)c1. The van der Waals surface area contributed by atoms with Crippen molar-refractivity contribution in [1.29, 1.82) is 0 Å². The van der Waals surface area contributed by atoms with Gasteiger partial charge in [-0.1, -0.05) is 26.8 Å². The second-order valence-electron chi connectivity index (χ2n) is 7.10. The Balaban J connectivity index is 2.14. The van der Waals surface area contributed by atoms with E-state index < -0.39 is 0 Å². The van der Waals surface area contributed by atoms with Gasteiger partial charge in [0, 0.05) is 36.9 Å². The van der Waals surface area contributed by atoms with E-state index in [1.807, 2.05) is 26.8 Å². The molecule has 2 amide bonds. The quantitative estimate of drug-likeness (QED) is 0.875. The zero-order chi connectivity index (χ0) is 17.0. The molecule has 0 saturated carbocycles. The third-order valence-corrected chi connectivity index (χ3v) is 4.26. The summed E-state index contributed by atoms with van der Waals surface area (Å²) in [6.45, 7) is 6.84. The first-order chi connectivity index (χ1) is 10.8. The molecule has 1 aliphatic rings. The Morgan fingerprint density at radius 3 is 2.70 bits per heavy atom. The number of anilines is 1. The molecule has 5 heteroatoms.